The molecule has 1 aromatic carbocycles. The van der Waals surface area contributed by atoms with Gasteiger partial charge < -0.3 is 10.6 Å². The molecule has 126 valence electrons. The highest BCUT2D eigenvalue weighted by Crippen LogP contribution is 2.26. The van der Waals surface area contributed by atoms with Gasteiger partial charge in [0.2, 0.25) is 5.91 Å². The number of carbonyl (C=O) groups excluding carboxylic acids is 2. The van der Waals surface area contributed by atoms with Gasteiger partial charge in [0, 0.05) is 18.1 Å². The molecule has 1 heterocycles. The van der Waals surface area contributed by atoms with E-state index in [0.717, 1.165) is 12.3 Å². The quantitative estimate of drug-likeness (QED) is 0.754. The summed E-state index contributed by atoms with van der Waals surface area (Å²) < 4.78 is 22.3. The molecule has 4 N–H and O–H groups in total. The Morgan fingerprint density at radius 2 is 1.83 bits per heavy atom. The molecule has 10 heteroatoms. The van der Waals surface area contributed by atoms with Crippen molar-refractivity contribution in [3.05, 3.63) is 47.1 Å². The van der Waals surface area contributed by atoms with E-state index in [1.807, 2.05) is 0 Å². The molecular weight excluding hydrogens is 356 g/mol. The first-order valence-corrected chi connectivity index (χ1v) is 8.46. The molecule has 0 spiro atoms. The van der Waals surface area contributed by atoms with Crippen LogP contribution in [0.5, 0.6) is 0 Å². The number of hydrogen-bond donors (Lipinski definition) is 3. The summed E-state index contributed by atoms with van der Waals surface area (Å²) in [6.07, 6.45) is 1.09. The molecule has 0 aliphatic carbocycles. The van der Waals surface area contributed by atoms with Gasteiger partial charge in [0.05, 0.1) is 16.9 Å². The number of nitrogens with two attached hydrogens (primary N) is 1. The van der Waals surface area contributed by atoms with E-state index in [1.54, 1.807) is 6.07 Å². The van der Waals surface area contributed by atoms with E-state index in [4.69, 9.17) is 16.7 Å². The van der Waals surface area contributed by atoms with E-state index in [2.05, 4.69) is 15.6 Å². The van der Waals surface area contributed by atoms with Crippen LogP contribution < -0.4 is 15.8 Å². The lowest BCUT2D eigenvalue weighted by molar-refractivity contribution is -0.114. The average Bonchev–Trinajstić information content (AvgIpc) is 2.48. The Labute approximate surface area is 143 Å². The van der Waals surface area contributed by atoms with Crippen molar-refractivity contribution in [2.24, 2.45) is 5.14 Å². The van der Waals surface area contributed by atoms with Crippen molar-refractivity contribution in [3.63, 3.8) is 0 Å². The molecule has 0 radical (unpaired) electrons. The van der Waals surface area contributed by atoms with Crippen molar-refractivity contribution in [1.82, 2.24) is 4.98 Å². The highest BCUT2D eigenvalue weighted by Gasteiger charge is 2.14. The standard InChI is InChI=1S/C14H13ClN4O4S/c1-8(20)18-12-6-10(15)3-4-11(12)19-14(21)9-2-5-13(17-7-9)24(16,22)23/h2-7H,1H3,(H,18,20)(H,19,21)(H2,16,22,23). The van der Waals surface area contributed by atoms with E-state index < -0.39 is 15.9 Å². The van der Waals surface area contributed by atoms with Gasteiger partial charge in [-0.05, 0) is 30.3 Å². The number of benzene rings is 1. The fraction of sp³-hybridized carbons (Fsp3) is 0.0714. The molecule has 8 nitrogen and oxygen atoms in total. The monoisotopic (exact) mass is 368 g/mol. The largest absolute Gasteiger partial charge is 0.324 e. The molecule has 24 heavy (non-hydrogen) atoms. The third-order valence-electron chi connectivity index (χ3n) is 2.83. The highest BCUT2D eigenvalue weighted by atomic mass is 35.5. The van der Waals surface area contributed by atoms with Crippen molar-refractivity contribution in [2.45, 2.75) is 11.9 Å². The Hall–Kier alpha value is -2.49. The number of aromatic nitrogens is 1. The third kappa shape index (κ3) is 4.51. The van der Waals surface area contributed by atoms with Crippen LogP contribution in [0.4, 0.5) is 11.4 Å². The smallest absolute Gasteiger partial charge is 0.257 e. The summed E-state index contributed by atoms with van der Waals surface area (Å²) >= 11 is 5.87. The van der Waals surface area contributed by atoms with Gasteiger partial charge >= 0.3 is 0 Å². The molecule has 2 aromatic rings. The van der Waals surface area contributed by atoms with Crippen LogP contribution in [0.15, 0.2) is 41.6 Å². The lowest BCUT2D eigenvalue weighted by Gasteiger charge is -2.12. The number of sulfonamides is 1. The topological polar surface area (TPSA) is 131 Å². The number of pyridine rings is 1. The molecule has 2 rings (SSSR count). The Bertz CT molecular complexity index is 897. The Balaban J connectivity index is 2.25. The number of anilines is 2. The average molecular weight is 369 g/mol. The van der Waals surface area contributed by atoms with Crippen LogP contribution >= 0.6 is 11.6 Å². The zero-order valence-corrected chi connectivity index (χ0v) is 14.0. The molecular formula is C14H13ClN4O4S. The minimum absolute atomic E-state index is 0.117. The first-order valence-electron chi connectivity index (χ1n) is 6.54. The molecule has 0 fully saturated rings. The van der Waals surface area contributed by atoms with Crippen LogP contribution in [0.1, 0.15) is 17.3 Å². The summed E-state index contributed by atoms with van der Waals surface area (Å²) in [4.78, 5) is 27.1. The Kier molecular flexibility index (Phi) is 5.17. The maximum absolute atomic E-state index is 12.2. The number of hydrogen-bond acceptors (Lipinski definition) is 5. The van der Waals surface area contributed by atoms with E-state index in [-0.39, 0.29) is 16.5 Å². The summed E-state index contributed by atoms with van der Waals surface area (Å²) in [6.45, 7) is 1.32. The van der Waals surface area contributed by atoms with Crippen molar-refractivity contribution in [2.75, 3.05) is 10.6 Å². The lowest BCUT2D eigenvalue weighted by Crippen LogP contribution is -2.17. The van der Waals surface area contributed by atoms with Crippen molar-refractivity contribution >= 4 is 44.8 Å². The fourth-order valence-corrected chi connectivity index (χ4v) is 2.43. The SMILES string of the molecule is CC(=O)Nc1cc(Cl)ccc1NC(=O)c1ccc(S(N)(=O)=O)nc1. The number of rotatable bonds is 4. The van der Waals surface area contributed by atoms with Gasteiger partial charge in [-0.3, -0.25) is 9.59 Å². The number of carbonyl (C=O) groups is 2. The van der Waals surface area contributed by atoms with Crippen LogP contribution in [0.3, 0.4) is 0 Å². The van der Waals surface area contributed by atoms with Crippen LogP contribution in [-0.4, -0.2) is 25.2 Å². The number of nitrogens with one attached hydrogen (secondary N) is 2. The van der Waals surface area contributed by atoms with Crippen LogP contribution in [0, 0.1) is 0 Å². The molecule has 0 saturated carbocycles. The second-order valence-corrected chi connectivity index (χ2v) is 6.70. The van der Waals surface area contributed by atoms with E-state index in [9.17, 15) is 18.0 Å². The maximum Gasteiger partial charge on any atom is 0.257 e. The van der Waals surface area contributed by atoms with Crippen LogP contribution in [0.25, 0.3) is 0 Å². The van der Waals surface area contributed by atoms with E-state index >= 15 is 0 Å². The predicted molar refractivity (Wildman–Crippen MR) is 89.3 cm³/mol. The Morgan fingerprint density at radius 1 is 1.12 bits per heavy atom. The van der Waals surface area contributed by atoms with E-state index in [0.29, 0.717) is 16.4 Å². The number of amides is 2. The number of halogens is 1. The molecule has 0 atom stereocenters. The van der Waals surface area contributed by atoms with Gasteiger partial charge in [0.1, 0.15) is 0 Å². The maximum atomic E-state index is 12.2. The number of primary sulfonamides is 1. The summed E-state index contributed by atoms with van der Waals surface area (Å²) in [6, 6.07) is 6.96. The minimum atomic E-state index is -3.93. The van der Waals surface area contributed by atoms with Crippen molar-refractivity contribution in [1.29, 1.82) is 0 Å². The van der Waals surface area contributed by atoms with Crippen molar-refractivity contribution in [3.8, 4) is 0 Å². The second kappa shape index (κ2) is 6.95. The first kappa shape index (κ1) is 17.9. The Morgan fingerprint density at radius 3 is 2.38 bits per heavy atom. The first-order chi connectivity index (χ1) is 11.2. The van der Waals surface area contributed by atoms with Gasteiger partial charge in [-0.1, -0.05) is 11.6 Å². The molecule has 0 aliphatic rings. The summed E-state index contributed by atoms with van der Waals surface area (Å²) in [5, 5.41) is 10.1. The highest BCUT2D eigenvalue weighted by molar-refractivity contribution is 7.89. The zero-order chi connectivity index (χ0) is 17.9. The van der Waals surface area contributed by atoms with E-state index in [1.165, 1.54) is 25.1 Å². The molecule has 1 aromatic heterocycles. The summed E-state index contributed by atoms with van der Waals surface area (Å²) in [7, 11) is -3.93. The minimum Gasteiger partial charge on any atom is -0.324 e. The van der Waals surface area contributed by atoms with Gasteiger partial charge in [-0.2, -0.15) is 0 Å². The van der Waals surface area contributed by atoms with Gasteiger partial charge in [-0.25, -0.2) is 18.5 Å². The van der Waals surface area contributed by atoms with Crippen molar-refractivity contribution < 1.29 is 18.0 Å². The van der Waals surface area contributed by atoms with Crippen LogP contribution in [-0.2, 0) is 14.8 Å². The number of nitrogens with zero attached hydrogens (tertiary/aromatic N) is 1. The molecule has 0 bridgehead atoms. The second-order valence-electron chi connectivity index (χ2n) is 4.76. The fourth-order valence-electron chi connectivity index (χ4n) is 1.80. The summed E-state index contributed by atoms with van der Waals surface area (Å²) in [5.41, 5.74) is 0.777. The third-order valence-corrected chi connectivity index (χ3v) is 3.89. The normalized spacial score (nSPS) is 11.0. The lowest BCUT2D eigenvalue weighted by atomic mass is 10.2. The molecule has 0 unspecified atom stereocenters. The zero-order valence-electron chi connectivity index (χ0n) is 12.4. The molecule has 2 amide bonds. The van der Waals surface area contributed by atoms with Gasteiger partial charge in [-0.15, -0.1) is 0 Å². The van der Waals surface area contributed by atoms with Crippen LogP contribution in [0.2, 0.25) is 5.02 Å². The van der Waals surface area contributed by atoms with Gasteiger partial charge in [0.15, 0.2) is 5.03 Å². The predicted octanol–water partition coefficient (Wildman–Crippen LogP) is 1.59. The molecule has 0 aliphatic heterocycles. The van der Waals surface area contributed by atoms with Gasteiger partial charge in [0.25, 0.3) is 15.9 Å². The molecule has 0 saturated heterocycles. The summed E-state index contributed by atoms with van der Waals surface area (Å²) in [5.74, 6) is -0.871.